The van der Waals surface area contributed by atoms with Crippen molar-refractivity contribution in [2.24, 2.45) is 0 Å². The Labute approximate surface area is 171 Å². The number of aliphatic hydroxyl groups is 1. The first-order chi connectivity index (χ1) is 13.8. The van der Waals surface area contributed by atoms with Gasteiger partial charge in [-0.2, -0.15) is 0 Å². The first-order valence-corrected chi connectivity index (χ1v) is 10.9. The Morgan fingerprint density at radius 2 is 1.00 bits per heavy atom. The topological polar surface area (TPSA) is 83.5 Å². The molecule has 0 aromatic carbocycles. The highest BCUT2D eigenvalue weighted by Gasteiger charge is 2.03. The van der Waals surface area contributed by atoms with E-state index >= 15 is 0 Å². The zero-order valence-electron chi connectivity index (χ0n) is 17.8. The van der Waals surface area contributed by atoms with Gasteiger partial charge in [0.25, 0.3) is 0 Å². The molecule has 0 saturated carbocycles. The molecule has 0 spiro atoms. The highest BCUT2D eigenvalue weighted by atomic mass is 16.7. The molecule has 0 bridgehead atoms. The summed E-state index contributed by atoms with van der Waals surface area (Å²) in [4.78, 5) is 11.4. The van der Waals surface area contributed by atoms with Gasteiger partial charge in [0.05, 0.1) is 52.9 Å². The summed E-state index contributed by atoms with van der Waals surface area (Å²) in [6.07, 6.45) is 11.9. The lowest BCUT2D eigenvalue weighted by molar-refractivity contribution is -0.00647. The molecule has 0 radical (unpaired) electrons. The Morgan fingerprint density at radius 3 is 1.54 bits per heavy atom. The van der Waals surface area contributed by atoms with Gasteiger partial charge in [0, 0.05) is 0 Å². The largest absolute Gasteiger partial charge is 0.508 e. The summed E-state index contributed by atoms with van der Waals surface area (Å²) in [5.41, 5.74) is 0. The van der Waals surface area contributed by atoms with Crippen molar-refractivity contribution in [3.05, 3.63) is 0 Å². The van der Waals surface area contributed by atoms with Gasteiger partial charge in [-0.25, -0.2) is 4.79 Å². The molecule has 0 saturated heterocycles. The summed E-state index contributed by atoms with van der Waals surface area (Å²) in [6.45, 7) is 5.29. The molecule has 168 valence electrons. The molecule has 7 nitrogen and oxygen atoms in total. The number of hydrogen-bond acceptors (Lipinski definition) is 7. The minimum absolute atomic E-state index is 0.0187. The second-order valence-corrected chi connectivity index (χ2v) is 6.69. The van der Waals surface area contributed by atoms with Gasteiger partial charge < -0.3 is 28.8 Å². The predicted octanol–water partition coefficient (Wildman–Crippen LogP) is 4.10. The van der Waals surface area contributed by atoms with Crippen molar-refractivity contribution in [3.63, 3.8) is 0 Å². The fraction of sp³-hybridized carbons (Fsp3) is 0.952. The van der Waals surface area contributed by atoms with Crippen LogP contribution < -0.4 is 0 Å². The third-order valence-corrected chi connectivity index (χ3v) is 4.15. The summed E-state index contributed by atoms with van der Waals surface area (Å²) in [5.74, 6) is 0. The monoisotopic (exact) mass is 406 g/mol. The van der Waals surface area contributed by atoms with Gasteiger partial charge in [-0.1, -0.05) is 64.7 Å². The quantitative estimate of drug-likeness (QED) is 0.214. The maximum absolute atomic E-state index is 11.4. The van der Waals surface area contributed by atoms with Crippen LogP contribution in [0.1, 0.15) is 71.1 Å². The van der Waals surface area contributed by atoms with Crippen molar-refractivity contribution in [2.45, 2.75) is 71.1 Å². The van der Waals surface area contributed by atoms with E-state index in [2.05, 4.69) is 6.92 Å². The van der Waals surface area contributed by atoms with Gasteiger partial charge in [0.1, 0.15) is 6.61 Å². The van der Waals surface area contributed by atoms with Crippen LogP contribution >= 0.6 is 0 Å². The average Bonchev–Trinajstić information content (AvgIpc) is 2.70. The Hall–Kier alpha value is -0.890. The number of hydrogen-bond donors (Lipinski definition) is 1. The molecule has 0 atom stereocenters. The van der Waals surface area contributed by atoms with E-state index in [0.29, 0.717) is 46.2 Å². The number of rotatable bonds is 22. The summed E-state index contributed by atoms with van der Waals surface area (Å²) in [5, 5.41) is 8.53. The van der Waals surface area contributed by atoms with E-state index in [-0.39, 0.29) is 13.2 Å². The maximum Gasteiger partial charge on any atom is 0.508 e. The number of aliphatic hydroxyl groups excluding tert-OH is 1. The lowest BCUT2D eigenvalue weighted by Gasteiger charge is -2.08. The molecule has 1 N–H and O–H groups in total. The molecule has 0 amide bonds. The fourth-order valence-electron chi connectivity index (χ4n) is 2.58. The summed E-state index contributed by atoms with van der Waals surface area (Å²) >= 11 is 0. The molecule has 0 aliphatic rings. The number of carbonyl (C=O) groups excluding carboxylic acids is 1. The van der Waals surface area contributed by atoms with Crippen LogP contribution in [0.4, 0.5) is 4.79 Å². The molecule has 0 aromatic rings. The molecule has 0 heterocycles. The fourth-order valence-corrected chi connectivity index (χ4v) is 2.58. The van der Waals surface area contributed by atoms with Crippen molar-refractivity contribution in [2.75, 3.05) is 59.5 Å². The predicted molar refractivity (Wildman–Crippen MR) is 109 cm³/mol. The Kier molecular flexibility index (Phi) is 23.4. The molecule has 0 rings (SSSR count). The van der Waals surface area contributed by atoms with Crippen LogP contribution in [0.25, 0.3) is 0 Å². The number of unbranched alkanes of at least 4 members (excludes halogenated alkanes) is 9. The van der Waals surface area contributed by atoms with E-state index < -0.39 is 6.16 Å². The van der Waals surface area contributed by atoms with E-state index in [9.17, 15) is 4.79 Å². The van der Waals surface area contributed by atoms with Crippen LogP contribution in [0.5, 0.6) is 0 Å². The van der Waals surface area contributed by atoms with Gasteiger partial charge in [0.2, 0.25) is 0 Å². The molecule has 28 heavy (non-hydrogen) atoms. The molecular weight excluding hydrogens is 364 g/mol. The third kappa shape index (κ3) is 23.1. The zero-order chi connectivity index (χ0) is 20.5. The molecule has 0 unspecified atom stereocenters. The van der Waals surface area contributed by atoms with Crippen LogP contribution in [-0.4, -0.2) is 70.7 Å². The van der Waals surface area contributed by atoms with Gasteiger partial charge in [-0.3, -0.25) is 0 Å². The first kappa shape index (κ1) is 27.1. The van der Waals surface area contributed by atoms with E-state index in [1.54, 1.807) is 0 Å². The minimum Gasteiger partial charge on any atom is -0.434 e. The molecule has 0 aliphatic carbocycles. The SMILES string of the molecule is CCCCCCCCCCCCOC(=O)OCCOCCOCCOCCO. The highest BCUT2D eigenvalue weighted by molar-refractivity contribution is 5.59. The maximum atomic E-state index is 11.4. The van der Waals surface area contributed by atoms with Crippen molar-refractivity contribution in [1.29, 1.82) is 0 Å². The second kappa shape index (κ2) is 24.1. The zero-order valence-corrected chi connectivity index (χ0v) is 17.8. The normalized spacial score (nSPS) is 10.9. The Morgan fingerprint density at radius 1 is 0.571 bits per heavy atom. The minimum atomic E-state index is -0.628. The standard InChI is InChI=1S/C21H42O7/c1-2-3-4-5-6-7-8-9-10-11-13-27-21(23)28-20-19-26-18-17-25-16-15-24-14-12-22/h22H,2-20H2,1H3. The summed E-state index contributed by atoms with van der Waals surface area (Å²) in [6, 6.07) is 0. The highest BCUT2D eigenvalue weighted by Crippen LogP contribution is 2.10. The third-order valence-electron chi connectivity index (χ3n) is 4.15. The molecule has 0 aromatic heterocycles. The van der Waals surface area contributed by atoms with Gasteiger partial charge >= 0.3 is 6.16 Å². The second-order valence-electron chi connectivity index (χ2n) is 6.69. The van der Waals surface area contributed by atoms with E-state index in [4.69, 9.17) is 28.8 Å². The van der Waals surface area contributed by atoms with Crippen LogP contribution in [0.3, 0.4) is 0 Å². The number of ether oxygens (including phenoxy) is 5. The summed E-state index contributed by atoms with van der Waals surface area (Å²) < 4.78 is 25.6. The Bertz CT molecular complexity index is 285. The molecular formula is C21H42O7. The lowest BCUT2D eigenvalue weighted by atomic mass is 10.1. The van der Waals surface area contributed by atoms with Crippen molar-refractivity contribution in [3.8, 4) is 0 Å². The van der Waals surface area contributed by atoms with Gasteiger partial charge in [-0.05, 0) is 6.42 Å². The van der Waals surface area contributed by atoms with E-state index in [1.807, 2.05) is 0 Å². The number of carbonyl (C=O) groups is 1. The van der Waals surface area contributed by atoms with Crippen LogP contribution in [0, 0.1) is 0 Å². The van der Waals surface area contributed by atoms with Gasteiger partial charge in [-0.15, -0.1) is 0 Å². The smallest absolute Gasteiger partial charge is 0.434 e. The van der Waals surface area contributed by atoms with E-state index in [1.165, 1.54) is 51.4 Å². The first-order valence-electron chi connectivity index (χ1n) is 10.9. The summed E-state index contributed by atoms with van der Waals surface area (Å²) in [7, 11) is 0. The van der Waals surface area contributed by atoms with Gasteiger partial charge in [0.15, 0.2) is 0 Å². The van der Waals surface area contributed by atoms with Crippen LogP contribution in [-0.2, 0) is 23.7 Å². The van der Waals surface area contributed by atoms with Crippen molar-refractivity contribution >= 4 is 6.16 Å². The van der Waals surface area contributed by atoms with E-state index in [0.717, 1.165) is 12.8 Å². The van der Waals surface area contributed by atoms with Crippen LogP contribution in [0.15, 0.2) is 0 Å². The average molecular weight is 407 g/mol. The van der Waals surface area contributed by atoms with Crippen molar-refractivity contribution in [1.82, 2.24) is 0 Å². The molecule has 0 aliphatic heterocycles. The Balaban J connectivity index is 3.13. The molecule has 7 heteroatoms. The van der Waals surface area contributed by atoms with Crippen molar-refractivity contribution < 1.29 is 33.6 Å². The van der Waals surface area contributed by atoms with Crippen LogP contribution in [0.2, 0.25) is 0 Å². The lowest BCUT2D eigenvalue weighted by Crippen LogP contribution is -2.15. The molecule has 0 fully saturated rings.